The Morgan fingerprint density at radius 3 is 3.00 bits per heavy atom. The number of rotatable bonds is 7. The van der Waals surface area contributed by atoms with Gasteiger partial charge in [0.25, 0.3) is 0 Å². The molecule has 1 N–H and O–H groups in total. The number of aromatic amines is 1. The van der Waals surface area contributed by atoms with E-state index in [1.165, 1.54) is 0 Å². The van der Waals surface area contributed by atoms with Gasteiger partial charge in [-0.3, -0.25) is 4.90 Å². The van der Waals surface area contributed by atoms with Gasteiger partial charge < -0.3 is 14.2 Å². The fraction of sp³-hybridized carbons (Fsp3) is 0.400. The molecule has 3 heterocycles. The lowest BCUT2D eigenvalue weighted by atomic mass is 10.3. The lowest BCUT2D eigenvalue weighted by Gasteiger charge is -2.13. The lowest BCUT2D eigenvalue weighted by molar-refractivity contribution is 0.199. The van der Waals surface area contributed by atoms with Crippen LogP contribution in [0.3, 0.4) is 0 Å². The summed E-state index contributed by atoms with van der Waals surface area (Å²) in [6, 6.07) is 6.11. The summed E-state index contributed by atoms with van der Waals surface area (Å²) in [4.78, 5) is 14.1. The van der Waals surface area contributed by atoms with Gasteiger partial charge in [-0.25, -0.2) is 4.98 Å². The molecule has 3 aromatic heterocycles. The van der Waals surface area contributed by atoms with Crippen molar-refractivity contribution in [1.29, 1.82) is 0 Å². The predicted octanol–water partition coefficient (Wildman–Crippen LogP) is 1.77. The predicted molar refractivity (Wildman–Crippen MR) is 81.1 cm³/mol. The standard InChI is InChI=1S/C15H19N5O2/c1-20(10-14-18-13(19-22-14)6-8-21-2)9-12-4-3-11-5-7-16-15(11)17-12/h3-5,7H,6,8-10H2,1-2H3,(H,16,17). The average Bonchev–Trinajstić information content (AvgIpc) is 3.13. The number of aromatic nitrogens is 4. The van der Waals surface area contributed by atoms with Crippen LogP contribution in [0.1, 0.15) is 17.4 Å². The summed E-state index contributed by atoms with van der Waals surface area (Å²) < 4.78 is 10.2. The number of methoxy groups -OCH3 is 1. The van der Waals surface area contributed by atoms with Crippen LogP contribution in [0.25, 0.3) is 11.0 Å². The molecule has 0 saturated carbocycles. The normalized spacial score (nSPS) is 11.6. The summed E-state index contributed by atoms with van der Waals surface area (Å²) in [6.07, 6.45) is 2.56. The van der Waals surface area contributed by atoms with Gasteiger partial charge in [-0.15, -0.1) is 0 Å². The molecule has 0 aromatic carbocycles. The van der Waals surface area contributed by atoms with Crippen LogP contribution in [0.15, 0.2) is 28.9 Å². The molecule has 0 aliphatic heterocycles. The van der Waals surface area contributed by atoms with Crippen LogP contribution in [-0.4, -0.2) is 45.8 Å². The molecule has 0 saturated heterocycles. The van der Waals surface area contributed by atoms with Gasteiger partial charge >= 0.3 is 0 Å². The molecular weight excluding hydrogens is 282 g/mol. The van der Waals surface area contributed by atoms with Crippen molar-refractivity contribution < 1.29 is 9.26 Å². The van der Waals surface area contributed by atoms with Crippen molar-refractivity contribution in [2.75, 3.05) is 20.8 Å². The molecule has 7 heteroatoms. The van der Waals surface area contributed by atoms with E-state index in [2.05, 4.69) is 31.1 Å². The van der Waals surface area contributed by atoms with Gasteiger partial charge in [-0.2, -0.15) is 4.98 Å². The largest absolute Gasteiger partial charge is 0.384 e. The van der Waals surface area contributed by atoms with Gasteiger partial charge in [-0.1, -0.05) is 5.16 Å². The van der Waals surface area contributed by atoms with Crippen LogP contribution < -0.4 is 0 Å². The van der Waals surface area contributed by atoms with Crippen molar-refractivity contribution in [3.05, 3.63) is 41.8 Å². The Labute approximate surface area is 128 Å². The smallest absolute Gasteiger partial charge is 0.240 e. The zero-order valence-corrected chi connectivity index (χ0v) is 12.7. The van der Waals surface area contributed by atoms with Gasteiger partial charge in [0, 0.05) is 31.7 Å². The number of hydrogen-bond acceptors (Lipinski definition) is 6. The topological polar surface area (TPSA) is 80.1 Å². The molecule has 0 unspecified atom stereocenters. The molecule has 3 rings (SSSR count). The van der Waals surface area contributed by atoms with E-state index in [0.29, 0.717) is 37.8 Å². The highest BCUT2D eigenvalue weighted by atomic mass is 16.5. The second-order valence-electron chi connectivity index (χ2n) is 5.24. The maximum Gasteiger partial charge on any atom is 0.240 e. The molecule has 0 aliphatic rings. The maximum atomic E-state index is 5.24. The third-order valence-corrected chi connectivity index (χ3v) is 3.34. The molecule has 0 radical (unpaired) electrons. The van der Waals surface area contributed by atoms with Crippen molar-refractivity contribution in [2.24, 2.45) is 0 Å². The molecule has 0 fully saturated rings. The number of nitrogens with one attached hydrogen (secondary N) is 1. The summed E-state index contributed by atoms with van der Waals surface area (Å²) in [5, 5.41) is 5.05. The average molecular weight is 301 g/mol. The lowest BCUT2D eigenvalue weighted by Crippen LogP contribution is -2.18. The molecule has 0 amide bonds. The summed E-state index contributed by atoms with van der Waals surface area (Å²) in [5.41, 5.74) is 1.90. The van der Waals surface area contributed by atoms with Crippen LogP contribution in [0.5, 0.6) is 0 Å². The minimum absolute atomic E-state index is 0.588. The van der Waals surface area contributed by atoms with Crippen LogP contribution in [0.4, 0.5) is 0 Å². The van der Waals surface area contributed by atoms with Gasteiger partial charge in [0.2, 0.25) is 5.89 Å². The Kier molecular flexibility index (Phi) is 4.45. The van der Waals surface area contributed by atoms with E-state index in [1.54, 1.807) is 7.11 Å². The first-order valence-electron chi connectivity index (χ1n) is 7.16. The summed E-state index contributed by atoms with van der Waals surface area (Å²) in [6.45, 7) is 1.89. The first-order chi connectivity index (χ1) is 10.7. The van der Waals surface area contributed by atoms with Crippen molar-refractivity contribution >= 4 is 11.0 Å². The maximum absolute atomic E-state index is 5.24. The summed E-state index contributed by atoms with van der Waals surface area (Å²) in [5.74, 6) is 1.28. The third-order valence-electron chi connectivity index (χ3n) is 3.34. The van der Waals surface area contributed by atoms with E-state index in [-0.39, 0.29) is 0 Å². The van der Waals surface area contributed by atoms with Crippen LogP contribution in [0.2, 0.25) is 0 Å². The van der Waals surface area contributed by atoms with Gasteiger partial charge in [0.05, 0.1) is 18.8 Å². The summed E-state index contributed by atoms with van der Waals surface area (Å²) >= 11 is 0. The molecule has 0 atom stereocenters. The fourth-order valence-corrected chi connectivity index (χ4v) is 2.27. The zero-order valence-electron chi connectivity index (χ0n) is 12.7. The minimum atomic E-state index is 0.588. The number of pyridine rings is 1. The quantitative estimate of drug-likeness (QED) is 0.716. The molecule has 116 valence electrons. The second-order valence-corrected chi connectivity index (χ2v) is 5.24. The molecule has 0 bridgehead atoms. The Hall–Kier alpha value is -2.25. The van der Waals surface area contributed by atoms with E-state index < -0.39 is 0 Å². The highest BCUT2D eigenvalue weighted by Crippen LogP contribution is 2.12. The minimum Gasteiger partial charge on any atom is -0.384 e. The summed E-state index contributed by atoms with van der Waals surface area (Å²) in [7, 11) is 3.66. The van der Waals surface area contributed by atoms with Gasteiger partial charge in [-0.05, 0) is 25.2 Å². The molecule has 22 heavy (non-hydrogen) atoms. The first kappa shape index (κ1) is 14.7. The van der Waals surface area contributed by atoms with Crippen molar-refractivity contribution in [3.8, 4) is 0 Å². The SMILES string of the molecule is COCCc1noc(CN(C)Cc2ccc3cc[nH]c3n2)n1. The van der Waals surface area contributed by atoms with Crippen molar-refractivity contribution in [3.63, 3.8) is 0 Å². The van der Waals surface area contributed by atoms with E-state index in [1.807, 2.05) is 25.4 Å². The molecule has 0 aliphatic carbocycles. The van der Waals surface area contributed by atoms with Crippen molar-refractivity contribution in [2.45, 2.75) is 19.5 Å². The Morgan fingerprint density at radius 2 is 2.14 bits per heavy atom. The Bertz CT molecular complexity index is 736. The number of fused-ring (bicyclic) bond motifs is 1. The van der Waals surface area contributed by atoms with Gasteiger partial charge in [0.1, 0.15) is 5.65 Å². The van der Waals surface area contributed by atoms with E-state index >= 15 is 0 Å². The van der Waals surface area contributed by atoms with E-state index in [9.17, 15) is 0 Å². The van der Waals surface area contributed by atoms with E-state index in [0.717, 1.165) is 16.7 Å². The monoisotopic (exact) mass is 301 g/mol. The Balaban J connectivity index is 1.59. The van der Waals surface area contributed by atoms with Crippen LogP contribution >= 0.6 is 0 Å². The van der Waals surface area contributed by atoms with Crippen molar-refractivity contribution in [1.82, 2.24) is 25.0 Å². The number of hydrogen-bond donors (Lipinski definition) is 1. The Morgan fingerprint density at radius 1 is 1.23 bits per heavy atom. The highest BCUT2D eigenvalue weighted by Gasteiger charge is 2.10. The highest BCUT2D eigenvalue weighted by molar-refractivity contribution is 5.75. The van der Waals surface area contributed by atoms with Gasteiger partial charge in [0.15, 0.2) is 5.82 Å². The zero-order chi connectivity index (χ0) is 15.4. The van der Waals surface area contributed by atoms with E-state index in [4.69, 9.17) is 9.26 Å². The number of nitrogens with zero attached hydrogens (tertiary/aromatic N) is 4. The first-order valence-corrected chi connectivity index (χ1v) is 7.16. The molecular formula is C15H19N5O2. The molecule has 7 nitrogen and oxygen atoms in total. The second kappa shape index (κ2) is 6.67. The number of ether oxygens (including phenoxy) is 1. The van der Waals surface area contributed by atoms with Crippen LogP contribution in [-0.2, 0) is 24.2 Å². The number of H-pyrrole nitrogens is 1. The fourth-order valence-electron chi connectivity index (χ4n) is 2.27. The van der Waals surface area contributed by atoms with Crippen LogP contribution in [0, 0.1) is 0 Å². The molecule has 3 aromatic rings. The third kappa shape index (κ3) is 3.49. The molecule has 0 spiro atoms.